The van der Waals surface area contributed by atoms with Crippen LogP contribution in [0.3, 0.4) is 0 Å². The lowest BCUT2D eigenvalue weighted by atomic mass is 9.77. The summed E-state index contributed by atoms with van der Waals surface area (Å²) in [5.41, 5.74) is 4.08. The van der Waals surface area contributed by atoms with Crippen molar-refractivity contribution >= 4 is 64.7 Å². The van der Waals surface area contributed by atoms with Crippen molar-refractivity contribution in [3.63, 3.8) is 0 Å². The number of amides is 1. The van der Waals surface area contributed by atoms with Crippen LogP contribution >= 0.6 is 27.3 Å². The Morgan fingerprint density at radius 1 is 1.02 bits per heavy atom. The highest BCUT2D eigenvalue weighted by atomic mass is 79.9. The van der Waals surface area contributed by atoms with Crippen LogP contribution in [0, 0.1) is 0 Å². The largest absolute Gasteiger partial charge is 0.491 e. The SMILES string of the molecule is CC(C)Oc1cc(CN2CCOCC2)cc(C(C)(C)c2cc(Br)cc(NC(=O)c3cc4cc(NS(C)(=O)=O)ccc4s3)c2)c1. The number of anilines is 2. The van der Waals surface area contributed by atoms with Crippen molar-refractivity contribution in [1.29, 1.82) is 0 Å². The molecule has 1 aliphatic heterocycles. The van der Waals surface area contributed by atoms with Gasteiger partial charge in [0.1, 0.15) is 5.75 Å². The summed E-state index contributed by atoms with van der Waals surface area (Å²) < 4.78 is 39.2. The molecule has 0 atom stereocenters. The standard InChI is InChI=1S/C33H38BrN3O5S2/c1-21(2)42-29-13-22(20-37-8-10-41-11-9-37)12-24(18-29)33(3,4)25-16-26(34)19-28(17-25)35-32(38)31-15-23-14-27(36-44(5,39)40)6-7-30(23)43-31/h6-7,12-19,21,36H,8-11,20H2,1-5H3,(H,35,38). The lowest BCUT2D eigenvalue weighted by Gasteiger charge is -2.30. The van der Waals surface area contributed by atoms with Crippen LogP contribution in [0.15, 0.2) is 65.1 Å². The summed E-state index contributed by atoms with van der Waals surface area (Å²) in [6, 6.07) is 19.5. The average Bonchev–Trinajstić information content (AvgIpc) is 3.36. The van der Waals surface area contributed by atoms with Gasteiger partial charge in [0.15, 0.2) is 0 Å². The van der Waals surface area contributed by atoms with Gasteiger partial charge in [-0.2, -0.15) is 0 Å². The summed E-state index contributed by atoms with van der Waals surface area (Å²) in [5, 5.41) is 3.86. The van der Waals surface area contributed by atoms with Gasteiger partial charge in [-0.1, -0.05) is 35.8 Å². The van der Waals surface area contributed by atoms with Crippen LogP contribution in [0.4, 0.5) is 11.4 Å². The maximum atomic E-state index is 13.4. The first-order chi connectivity index (χ1) is 20.7. The fourth-order valence-corrected chi connectivity index (χ4v) is 7.27. The number of morpholine rings is 1. The number of fused-ring (bicyclic) bond motifs is 1. The van der Waals surface area contributed by atoms with Crippen LogP contribution in [0.25, 0.3) is 10.1 Å². The number of rotatable bonds is 10. The van der Waals surface area contributed by atoms with Gasteiger partial charge < -0.3 is 14.8 Å². The first-order valence-corrected chi connectivity index (χ1v) is 18.0. The third-order valence-corrected chi connectivity index (χ3v) is 9.67. The molecule has 4 aromatic rings. The van der Waals surface area contributed by atoms with Crippen LogP contribution in [0.1, 0.15) is 54.1 Å². The summed E-state index contributed by atoms with van der Waals surface area (Å²) in [6.07, 6.45) is 1.16. The second-order valence-electron chi connectivity index (χ2n) is 12.0. The van der Waals surface area contributed by atoms with E-state index >= 15 is 0 Å². The van der Waals surface area contributed by atoms with Gasteiger partial charge in [0.2, 0.25) is 10.0 Å². The zero-order chi connectivity index (χ0) is 31.6. The second-order valence-corrected chi connectivity index (χ2v) is 15.7. The van der Waals surface area contributed by atoms with Crippen molar-refractivity contribution in [3.05, 3.63) is 86.7 Å². The molecule has 1 aliphatic rings. The Kier molecular flexibility index (Phi) is 9.72. The third-order valence-electron chi connectivity index (χ3n) is 7.49. The van der Waals surface area contributed by atoms with Gasteiger partial charge >= 0.3 is 0 Å². The van der Waals surface area contributed by atoms with Crippen LogP contribution in [-0.4, -0.2) is 57.9 Å². The molecule has 0 saturated carbocycles. The van der Waals surface area contributed by atoms with E-state index in [1.54, 1.807) is 18.2 Å². The number of ether oxygens (including phenoxy) is 2. The van der Waals surface area contributed by atoms with Gasteiger partial charge in [0.05, 0.1) is 30.5 Å². The predicted molar refractivity (Wildman–Crippen MR) is 183 cm³/mol. The number of halogens is 1. The minimum absolute atomic E-state index is 0.0497. The van der Waals surface area contributed by atoms with Gasteiger partial charge in [-0.15, -0.1) is 11.3 Å². The Morgan fingerprint density at radius 3 is 2.45 bits per heavy atom. The molecule has 0 bridgehead atoms. The van der Waals surface area contributed by atoms with E-state index in [4.69, 9.17) is 9.47 Å². The van der Waals surface area contributed by atoms with Gasteiger partial charge in [-0.05, 0) is 90.5 Å². The number of thiophene rings is 1. The maximum Gasteiger partial charge on any atom is 0.265 e. The summed E-state index contributed by atoms with van der Waals surface area (Å²) in [4.78, 5) is 16.3. The molecule has 0 radical (unpaired) electrons. The molecule has 1 fully saturated rings. The van der Waals surface area contributed by atoms with Crippen molar-refractivity contribution < 1.29 is 22.7 Å². The van der Waals surface area contributed by atoms with Crippen LogP contribution in [0.2, 0.25) is 0 Å². The van der Waals surface area contributed by atoms with Gasteiger partial charge in [-0.3, -0.25) is 14.4 Å². The van der Waals surface area contributed by atoms with E-state index in [1.807, 2.05) is 32.0 Å². The highest BCUT2D eigenvalue weighted by Crippen LogP contribution is 2.38. The van der Waals surface area contributed by atoms with E-state index in [1.165, 1.54) is 16.9 Å². The van der Waals surface area contributed by atoms with E-state index in [-0.39, 0.29) is 12.0 Å². The molecular weight excluding hydrogens is 662 g/mol. The number of hydrogen-bond acceptors (Lipinski definition) is 7. The van der Waals surface area contributed by atoms with Crippen molar-refractivity contribution in [3.8, 4) is 5.75 Å². The van der Waals surface area contributed by atoms with Crippen molar-refractivity contribution in [1.82, 2.24) is 4.90 Å². The van der Waals surface area contributed by atoms with Gasteiger partial charge in [0, 0.05) is 45.6 Å². The van der Waals surface area contributed by atoms with Crippen molar-refractivity contribution in [2.45, 2.75) is 45.8 Å². The fourth-order valence-electron chi connectivity index (χ4n) is 5.29. The average molecular weight is 701 g/mol. The Balaban J connectivity index is 1.41. The van der Waals surface area contributed by atoms with Gasteiger partial charge in [0.25, 0.3) is 5.91 Å². The molecule has 1 aromatic heterocycles. The third kappa shape index (κ3) is 8.19. The molecule has 2 heterocycles. The Labute approximate surface area is 271 Å². The first-order valence-electron chi connectivity index (χ1n) is 14.5. The molecule has 44 heavy (non-hydrogen) atoms. The minimum Gasteiger partial charge on any atom is -0.491 e. The van der Waals surface area contributed by atoms with Crippen molar-refractivity contribution in [2.24, 2.45) is 0 Å². The summed E-state index contributed by atoms with van der Waals surface area (Å²) in [7, 11) is -3.40. The number of benzene rings is 3. The highest BCUT2D eigenvalue weighted by Gasteiger charge is 2.26. The maximum absolute atomic E-state index is 13.4. The lowest BCUT2D eigenvalue weighted by molar-refractivity contribution is 0.0341. The van der Waals surface area contributed by atoms with E-state index in [9.17, 15) is 13.2 Å². The second kappa shape index (κ2) is 13.2. The zero-order valence-corrected chi connectivity index (χ0v) is 28.8. The molecule has 3 aromatic carbocycles. The highest BCUT2D eigenvalue weighted by molar-refractivity contribution is 9.10. The Bertz CT molecular complexity index is 1780. The summed E-state index contributed by atoms with van der Waals surface area (Å²) >= 11 is 5.02. The monoisotopic (exact) mass is 699 g/mol. The van der Waals surface area contributed by atoms with Crippen LogP contribution in [-0.2, 0) is 26.7 Å². The molecule has 11 heteroatoms. The topological polar surface area (TPSA) is 97.0 Å². The molecule has 2 N–H and O–H groups in total. The number of nitrogens with zero attached hydrogens (tertiary/aromatic N) is 1. The summed E-state index contributed by atoms with van der Waals surface area (Å²) in [6.45, 7) is 12.6. The Hall–Kier alpha value is -2.96. The lowest BCUT2D eigenvalue weighted by Crippen LogP contribution is -2.35. The molecule has 8 nitrogen and oxygen atoms in total. The molecule has 234 valence electrons. The van der Waals surface area contributed by atoms with E-state index in [0.29, 0.717) is 16.3 Å². The summed E-state index contributed by atoms with van der Waals surface area (Å²) in [5.74, 6) is 0.614. The predicted octanol–water partition coefficient (Wildman–Crippen LogP) is 7.23. The van der Waals surface area contributed by atoms with Gasteiger partial charge in [-0.25, -0.2) is 8.42 Å². The molecule has 1 amide bonds. The van der Waals surface area contributed by atoms with Crippen molar-refractivity contribution in [2.75, 3.05) is 42.6 Å². The first kappa shape index (κ1) is 32.4. The number of sulfonamides is 1. The molecular formula is C33H38BrN3O5S2. The molecule has 0 spiro atoms. The fraction of sp³-hybridized carbons (Fsp3) is 0.364. The van der Waals surface area contributed by atoms with E-state index < -0.39 is 15.4 Å². The van der Waals surface area contributed by atoms with Crippen LogP contribution < -0.4 is 14.8 Å². The molecule has 0 aliphatic carbocycles. The number of carbonyl (C=O) groups is 1. The number of carbonyl (C=O) groups excluding carboxylic acids is 1. The zero-order valence-electron chi connectivity index (χ0n) is 25.6. The smallest absolute Gasteiger partial charge is 0.265 e. The molecule has 0 unspecified atom stereocenters. The normalized spacial score (nSPS) is 14.6. The van der Waals surface area contributed by atoms with E-state index in [0.717, 1.165) is 70.5 Å². The minimum atomic E-state index is -3.40. The van der Waals surface area contributed by atoms with Crippen LogP contribution in [0.5, 0.6) is 5.75 Å². The van der Waals surface area contributed by atoms with E-state index in [2.05, 4.69) is 69.0 Å². The number of nitrogens with one attached hydrogen (secondary N) is 2. The Morgan fingerprint density at radius 2 is 1.75 bits per heavy atom. The molecule has 5 rings (SSSR count). The molecule has 1 saturated heterocycles. The number of hydrogen-bond donors (Lipinski definition) is 2. The quantitative estimate of drug-likeness (QED) is 0.181.